The molecule has 29 heavy (non-hydrogen) atoms. The minimum atomic E-state index is -0.723. The molecule has 0 bridgehead atoms. The van der Waals surface area contributed by atoms with Crippen LogP contribution in [-0.4, -0.2) is 42.0 Å². The van der Waals surface area contributed by atoms with Crippen molar-refractivity contribution in [2.24, 2.45) is 0 Å². The molecule has 1 aliphatic carbocycles. The standard InChI is InChI=1S/C20H25N5O4/c26-18-15-12-14(9-10-16(15)21-20(28)19(18)27)29-11-5-4-8-17-22-23-24-25(17)13-6-2-1-3-7-13/h9-10,12-13,27H,1-8,11H2,(H2,21,26,28). The summed E-state index contributed by atoms with van der Waals surface area (Å²) in [6.45, 7) is 0.507. The van der Waals surface area contributed by atoms with E-state index >= 15 is 0 Å². The molecule has 3 aromatic rings. The maximum atomic E-state index is 11.5. The summed E-state index contributed by atoms with van der Waals surface area (Å²) in [6.07, 6.45) is 8.62. The number of unbranched alkanes of at least 4 members (excludes halogenated alkanes) is 1. The molecule has 2 aromatic heterocycles. The minimum absolute atomic E-state index is 0.339. The van der Waals surface area contributed by atoms with Crippen molar-refractivity contribution in [3.05, 3.63) is 34.4 Å². The predicted octanol–water partition coefficient (Wildman–Crippen LogP) is 2.83. The number of aryl methyl sites for hydroxylation is 1. The smallest absolute Gasteiger partial charge is 0.294 e. The number of aromatic hydroxyl groups is 2. The molecule has 1 fully saturated rings. The Labute approximate surface area is 167 Å². The van der Waals surface area contributed by atoms with Crippen molar-refractivity contribution in [2.75, 3.05) is 6.61 Å². The number of hydrogen-bond acceptors (Lipinski definition) is 7. The number of pyridine rings is 1. The largest absolute Gasteiger partial charge is 0.504 e. The van der Waals surface area contributed by atoms with Gasteiger partial charge in [0.1, 0.15) is 5.75 Å². The van der Waals surface area contributed by atoms with Crippen LogP contribution in [0, 0.1) is 0 Å². The first kappa shape index (κ1) is 19.2. The Morgan fingerprint density at radius 3 is 2.79 bits per heavy atom. The van der Waals surface area contributed by atoms with Gasteiger partial charge in [-0.05, 0) is 54.3 Å². The maximum absolute atomic E-state index is 11.5. The molecule has 1 saturated carbocycles. The molecule has 0 atom stereocenters. The Balaban J connectivity index is 1.30. The lowest BCUT2D eigenvalue weighted by atomic mass is 9.95. The quantitative estimate of drug-likeness (QED) is 0.521. The first-order valence-corrected chi connectivity index (χ1v) is 10.1. The summed E-state index contributed by atoms with van der Waals surface area (Å²) >= 11 is 0. The summed E-state index contributed by atoms with van der Waals surface area (Å²) < 4.78 is 7.76. The van der Waals surface area contributed by atoms with Gasteiger partial charge in [-0.1, -0.05) is 19.3 Å². The fourth-order valence-electron chi connectivity index (χ4n) is 3.90. The summed E-state index contributed by atoms with van der Waals surface area (Å²) in [4.78, 5) is 14.0. The fourth-order valence-corrected chi connectivity index (χ4v) is 3.90. The van der Waals surface area contributed by atoms with Crippen LogP contribution in [-0.2, 0) is 6.42 Å². The number of hydrogen-bond donors (Lipinski definition) is 3. The van der Waals surface area contributed by atoms with Crippen LogP contribution in [0.15, 0.2) is 23.0 Å². The third-order valence-corrected chi connectivity index (χ3v) is 5.48. The number of fused-ring (bicyclic) bond motifs is 1. The molecule has 3 N–H and O–H groups in total. The van der Waals surface area contributed by atoms with Crippen molar-refractivity contribution in [1.29, 1.82) is 0 Å². The van der Waals surface area contributed by atoms with Gasteiger partial charge in [-0.3, -0.25) is 4.79 Å². The van der Waals surface area contributed by atoms with Crippen molar-refractivity contribution in [3.8, 4) is 17.2 Å². The highest BCUT2D eigenvalue weighted by Crippen LogP contribution is 2.31. The molecule has 1 aromatic carbocycles. The number of benzene rings is 1. The number of ether oxygens (including phenoxy) is 1. The highest BCUT2D eigenvalue weighted by molar-refractivity contribution is 5.87. The molecule has 0 amide bonds. The first-order chi connectivity index (χ1) is 14.1. The molecular weight excluding hydrogens is 374 g/mol. The van der Waals surface area contributed by atoms with E-state index in [0.29, 0.717) is 29.3 Å². The molecule has 0 unspecified atom stereocenters. The number of aromatic amines is 1. The Hall–Kier alpha value is -3.10. The molecule has 1 aliphatic rings. The highest BCUT2D eigenvalue weighted by Gasteiger charge is 2.19. The normalized spacial score (nSPS) is 15.0. The molecule has 0 radical (unpaired) electrons. The summed E-state index contributed by atoms with van der Waals surface area (Å²) in [5.41, 5.74) is -0.286. The number of nitrogens with zero attached hydrogens (tertiary/aromatic N) is 4. The van der Waals surface area contributed by atoms with Gasteiger partial charge in [-0.2, -0.15) is 0 Å². The van der Waals surface area contributed by atoms with Gasteiger partial charge in [0, 0.05) is 11.8 Å². The van der Waals surface area contributed by atoms with Gasteiger partial charge in [0.2, 0.25) is 5.75 Å². The van der Waals surface area contributed by atoms with E-state index in [-0.39, 0.29) is 0 Å². The van der Waals surface area contributed by atoms with Crippen LogP contribution in [0.3, 0.4) is 0 Å². The van der Waals surface area contributed by atoms with E-state index in [9.17, 15) is 15.0 Å². The van der Waals surface area contributed by atoms with Crippen LogP contribution in [0.5, 0.6) is 17.2 Å². The molecule has 2 heterocycles. The van der Waals surface area contributed by atoms with E-state index in [1.54, 1.807) is 18.2 Å². The van der Waals surface area contributed by atoms with E-state index < -0.39 is 17.1 Å². The number of nitrogens with one attached hydrogen (secondary N) is 1. The Morgan fingerprint density at radius 1 is 1.14 bits per heavy atom. The summed E-state index contributed by atoms with van der Waals surface area (Å²) in [5, 5.41) is 32.1. The molecule has 9 heteroatoms. The van der Waals surface area contributed by atoms with Crippen molar-refractivity contribution in [3.63, 3.8) is 0 Å². The Bertz CT molecular complexity index is 1040. The maximum Gasteiger partial charge on any atom is 0.294 e. The van der Waals surface area contributed by atoms with Gasteiger partial charge in [-0.25, -0.2) is 4.68 Å². The van der Waals surface area contributed by atoms with Gasteiger partial charge in [0.15, 0.2) is 11.6 Å². The van der Waals surface area contributed by atoms with Crippen LogP contribution in [0.25, 0.3) is 10.9 Å². The topological polar surface area (TPSA) is 126 Å². The molecule has 0 saturated heterocycles. The summed E-state index contributed by atoms with van der Waals surface area (Å²) in [7, 11) is 0. The van der Waals surface area contributed by atoms with E-state index in [1.807, 2.05) is 4.68 Å². The zero-order chi connectivity index (χ0) is 20.2. The van der Waals surface area contributed by atoms with Crippen LogP contribution < -0.4 is 10.3 Å². The number of rotatable bonds is 7. The monoisotopic (exact) mass is 399 g/mol. The minimum Gasteiger partial charge on any atom is -0.504 e. The summed E-state index contributed by atoms with van der Waals surface area (Å²) in [6, 6.07) is 5.39. The van der Waals surface area contributed by atoms with E-state index in [4.69, 9.17) is 4.74 Å². The zero-order valence-electron chi connectivity index (χ0n) is 16.2. The third-order valence-electron chi connectivity index (χ3n) is 5.48. The lowest BCUT2D eigenvalue weighted by Crippen LogP contribution is -2.17. The van der Waals surface area contributed by atoms with Crippen molar-refractivity contribution in [2.45, 2.75) is 57.4 Å². The average molecular weight is 399 g/mol. The Morgan fingerprint density at radius 2 is 1.97 bits per heavy atom. The van der Waals surface area contributed by atoms with Gasteiger partial charge >= 0.3 is 0 Å². The van der Waals surface area contributed by atoms with Crippen molar-refractivity contribution < 1.29 is 14.9 Å². The molecule has 0 aliphatic heterocycles. The number of H-pyrrole nitrogens is 1. The van der Waals surface area contributed by atoms with Crippen LogP contribution in [0.1, 0.15) is 56.8 Å². The number of tetrazole rings is 1. The Kier molecular flexibility index (Phi) is 5.64. The molecule has 9 nitrogen and oxygen atoms in total. The third kappa shape index (κ3) is 4.18. The molecule has 4 rings (SSSR count). The zero-order valence-corrected chi connectivity index (χ0v) is 16.2. The van der Waals surface area contributed by atoms with Gasteiger partial charge < -0.3 is 19.9 Å². The van der Waals surface area contributed by atoms with Crippen molar-refractivity contribution >= 4 is 10.9 Å². The van der Waals surface area contributed by atoms with Crippen LogP contribution in [0.2, 0.25) is 0 Å². The SMILES string of the molecule is O=c1[nH]c2ccc(OCCCCc3nnnn3C3CCCCC3)cc2c(O)c1O. The lowest BCUT2D eigenvalue weighted by Gasteiger charge is -2.22. The van der Waals surface area contributed by atoms with E-state index in [0.717, 1.165) is 37.9 Å². The average Bonchev–Trinajstić information content (AvgIpc) is 3.21. The summed E-state index contributed by atoms with van der Waals surface area (Å²) in [5.74, 6) is 0.368. The molecule has 154 valence electrons. The highest BCUT2D eigenvalue weighted by atomic mass is 16.5. The van der Waals surface area contributed by atoms with E-state index in [2.05, 4.69) is 20.5 Å². The van der Waals surface area contributed by atoms with Crippen molar-refractivity contribution in [1.82, 2.24) is 25.2 Å². The first-order valence-electron chi connectivity index (χ1n) is 10.1. The predicted molar refractivity (Wildman–Crippen MR) is 106 cm³/mol. The fraction of sp³-hybridized carbons (Fsp3) is 0.500. The second-order valence-corrected chi connectivity index (χ2v) is 7.50. The van der Waals surface area contributed by atoms with Gasteiger partial charge in [0.25, 0.3) is 5.56 Å². The van der Waals surface area contributed by atoms with E-state index in [1.165, 1.54) is 19.3 Å². The second-order valence-electron chi connectivity index (χ2n) is 7.50. The van der Waals surface area contributed by atoms with Crippen LogP contribution in [0.4, 0.5) is 0 Å². The number of aromatic nitrogens is 5. The van der Waals surface area contributed by atoms with Crippen LogP contribution >= 0.6 is 0 Å². The molecule has 0 spiro atoms. The second kappa shape index (κ2) is 8.50. The van der Waals surface area contributed by atoms with Gasteiger partial charge in [0.05, 0.1) is 18.2 Å². The van der Waals surface area contributed by atoms with Gasteiger partial charge in [-0.15, -0.1) is 5.10 Å². The lowest BCUT2D eigenvalue weighted by molar-refractivity contribution is 0.301. The molecular formula is C20H25N5O4.